The predicted octanol–water partition coefficient (Wildman–Crippen LogP) is 2.09. The first-order valence-electron chi connectivity index (χ1n) is 10.6. The number of likely N-dealkylation sites (N-methyl/N-ethyl adjacent to an activating group) is 1. The minimum absolute atomic E-state index is 0.139. The molecule has 0 N–H and O–H groups in total. The first kappa shape index (κ1) is 19.7. The van der Waals surface area contributed by atoms with Crippen LogP contribution in [-0.2, 0) is 23.2 Å². The predicted molar refractivity (Wildman–Crippen MR) is 116 cm³/mol. The highest BCUT2D eigenvalue weighted by Gasteiger charge is 2.34. The summed E-state index contributed by atoms with van der Waals surface area (Å²) < 4.78 is 7.35. The zero-order chi connectivity index (χ0) is 21.8. The van der Waals surface area contributed by atoms with Crippen molar-refractivity contribution in [2.24, 2.45) is 0 Å². The molecule has 0 aliphatic carbocycles. The first-order valence-corrected chi connectivity index (χ1v) is 10.6. The van der Waals surface area contributed by atoms with Gasteiger partial charge in [0.2, 0.25) is 0 Å². The van der Waals surface area contributed by atoms with E-state index in [1.165, 1.54) is 0 Å². The van der Waals surface area contributed by atoms with Gasteiger partial charge in [-0.1, -0.05) is 20.8 Å². The summed E-state index contributed by atoms with van der Waals surface area (Å²) >= 11 is 0. The molecule has 0 spiro atoms. The quantitative estimate of drug-likeness (QED) is 0.638. The van der Waals surface area contributed by atoms with E-state index in [9.17, 15) is 5.26 Å². The van der Waals surface area contributed by atoms with Gasteiger partial charge in [-0.3, -0.25) is 0 Å². The molecule has 3 aromatic heterocycles. The SMILES string of the molecule is CN(c1nc2c(cc1C#N)COCC2)C1CN(c2ccc3nnc(C(C)(C)C)n3n2)C1. The molecule has 0 atom stereocenters. The number of fused-ring (bicyclic) bond motifs is 2. The summed E-state index contributed by atoms with van der Waals surface area (Å²) in [5.74, 6) is 2.50. The van der Waals surface area contributed by atoms with Gasteiger partial charge in [0.05, 0.1) is 30.5 Å². The minimum Gasteiger partial charge on any atom is -0.376 e. The zero-order valence-electron chi connectivity index (χ0n) is 18.3. The monoisotopic (exact) mass is 418 g/mol. The van der Waals surface area contributed by atoms with Crippen LogP contribution in [0.15, 0.2) is 18.2 Å². The third kappa shape index (κ3) is 3.37. The van der Waals surface area contributed by atoms with Gasteiger partial charge in [0, 0.05) is 37.5 Å². The Labute approximate surface area is 181 Å². The van der Waals surface area contributed by atoms with Crippen molar-refractivity contribution >= 4 is 17.3 Å². The van der Waals surface area contributed by atoms with E-state index in [1.54, 1.807) is 0 Å². The van der Waals surface area contributed by atoms with Gasteiger partial charge in [0.1, 0.15) is 17.7 Å². The Hall–Kier alpha value is -3.25. The standard InChI is InChI=1S/C22H26N8O/c1-22(2,3)21-26-25-18-5-6-19(27-30(18)21)29-11-16(12-29)28(4)20-14(10-23)9-15-13-31-8-7-17(15)24-20/h5-6,9,16H,7-8,11-13H2,1-4H3. The smallest absolute Gasteiger partial charge is 0.178 e. The number of hydrogen-bond acceptors (Lipinski definition) is 8. The molecule has 2 aliphatic rings. The van der Waals surface area contributed by atoms with Crippen LogP contribution in [0.5, 0.6) is 0 Å². The summed E-state index contributed by atoms with van der Waals surface area (Å²) in [4.78, 5) is 9.18. The third-order valence-corrected chi connectivity index (χ3v) is 6.02. The molecule has 9 nitrogen and oxygen atoms in total. The topological polar surface area (TPSA) is 95.5 Å². The zero-order valence-corrected chi connectivity index (χ0v) is 18.3. The van der Waals surface area contributed by atoms with Gasteiger partial charge in [-0.25, -0.2) is 4.98 Å². The number of hydrogen-bond donors (Lipinski definition) is 0. The van der Waals surface area contributed by atoms with Gasteiger partial charge in [0.25, 0.3) is 0 Å². The fraction of sp³-hybridized carbons (Fsp3) is 0.500. The molecule has 0 saturated carbocycles. The van der Waals surface area contributed by atoms with Crippen LogP contribution in [0.4, 0.5) is 11.6 Å². The highest BCUT2D eigenvalue weighted by Crippen LogP contribution is 2.29. The van der Waals surface area contributed by atoms with Crippen LogP contribution in [0.1, 0.15) is 43.4 Å². The fourth-order valence-electron chi connectivity index (χ4n) is 4.10. The molecule has 0 radical (unpaired) electrons. The van der Waals surface area contributed by atoms with Gasteiger partial charge >= 0.3 is 0 Å². The van der Waals surface area contributed by atoms with Crippen molar-refractivity contribution in [2.45, 2.75) is 45.3 Å². The van der Waals surface area contributed by atoms with E-state index in [0.29, 0.717) is 18.8 Å². The molecule has 1 fully saturated rings. The molecule has 31 heavy (non-hydrogen) atoms. The molecule has 2 aliphatic heterocycles. The maximum atomic E-state index is 9.65. The molecule has 160 valence electrons. The molecule has 0 aromatic carbocycles. The molecule has 1 saturated heterocycles. The summed E-state index contributed by atoms with van der Waals surface area (Å²) in [6, 6.07) is 8.45. The Morgan fingerprint density at radius 2 is 2.03 bits per heavy atom. The average Bonchev–Trinajstić information content (AvgIpc) is 3.15. The van der Waals surface area contributed by atoms with E-state index in [2.05, 4.69) is 46.8 Å². The molecule has 5 heterocycles. The van der Waals surface area contributed by atoms with Crippen LogP contribution in [0.2, 0.25) is 0 Å². The lowest BCUT2D eigenvalue weighted by Crippen LogP contribution is -2.59. The summed E-state index contributed by atoms with van der Waals surface area (Å²) in [7, 11) is 2.02. The number of aromatic nitrogens is 5. The molecular formula is C22H26N8O. The largest absolute Gasteiger partial charge is 0.376 e. The minimum atomic E-state index is -0.139. The second-order valence-electron chi connectivity index (χ2n) is 9.28. The highest BCUT2D eigenvalue weighted by molar-refractivity contribution is 5.58. The van der Waals surface area contributed by atoms with Crippen LogP contribution < -0.4 is 9.80 Å². The maximum Gasteiger partial charge on any atom is 0.178 e. The van der Waals surface area contributed by atoms with Crippen molar-refractivity contribution in [2.75, 3.05) is 36.5 Å². The van der Waals surface area contributed by atoms with E-state index in [4.69, 9.17) is 14.8 Å². The van der Waals surface area contributed by atoms with Crippen molar-refractivity contribution in [1.29, 1.82) is 5.26 Å². The lowest BCUT2D eigenvalue weighted by atomic mass is 9.96. The van der Waals surface area contributed by atoms with E-state index < -0.39 is 0 Å². The number of anilines is 2. The van der Waals surface area contributed by atoms with Crippen molar-refractivity contribution in [3.63, 3.8) is 0 Å². The van der Waals surface area contributed by atoms with E-state index >= 15 is 0 Å². The van der Waals surface area contributed by atoms with Gasteiger partial charge in [-0.15, -0.1) is 15.3 Å². The van der Waals surface area contributed by atoms with Crippen LogP contribution in [-0.4, -0.2) is 57.6 Å². The van der Waals surface area contributed by atoms with Crippen molar-refractivity contribution in [3.8, 4) is 6.07 Å². The van der Waals surface area contributed by atoms with Crippen LogP contribution in [0, 0.1) is 11.3 Å². The third-order valence-electron chi connectivity index (χ3n) is 6.02. The molecule has 3 aromatic rings. The van der Waals surface area contributed by atoms with E-state index in [1.807, 2.05) is 29.8 Å². The van der Waals surface area contributed by atoms with E-state index in [-0.39, 0.29) is 11.5 Å². The van der Waals surface area contributed by atoms with Gasteiger partial charge in [-0.05, 0) is 18.2 Å². The lowest BCUT2D eigenvalue weighted by molar-refractivity contribution is 0.109. The molecular weight excluding hydrogens is 392 g/mol. The van der Waals surface area contributed by atoms with E-state index in [0.717, 1.165) is 53.9 Å². The van der Waals surface area contributed by atoms with Gasteiger partial charge < -0.3 is 14.5 Å². The van der Waals surface area contributed by atoms with Crippen LogP contribution in [0.25, 0.3) is 5.65 Å². The molecule has 9 heteroatoms. The van der Waals surface area contributed by atoms with Crippen molar-refractivity contribution < 1.29 is 4.74 Å². The van der Waals surface area contributed by atoms with Crippen molar-refractivity contribution in [3.05, 3.63) is 40.8 Å². The number of ether oxygens (including phenoxy) is 1. The summed E-state index contributed by atoms with van der Waals surface area (Å²) in [5, 5.41) is 23.0. The highest BCUT2D eigenvalue weighted by atomic mass is 16.5. The Morgan fingerprint density at radius 3 is 2.77 bits per heavy atom. The normalized spacial score (nSPS) is 16.7. The van der Waals surface area contributed by atoms with Crippen LogP contribution >= 0.6 is 0 Å². The second kappa shape index (κ2) is 7.17. The number of pyridine rings is 1. The molecule has 0 bridgehead atoms. The number of rotatable bonds is 3. The Balaban J connectivity index is 1.36. The summed E-state index contributed by atoms with van der Waals surface area (Å²) in [5.41, 5.74) is 3.28. The fourth-order valence-corrected chi connectivity index (χ4v) is 4.10. The van der Waals surface area contributed by atoms with Crippen molar-refractivity contribution in [1.82, 2.24) is 24.8 Å². The Morgan fingerprint density at radius 1 is 1.23 bits per heavy atom. The average molecular weight is 419 g/mol. The molecule has 0 amide bonds. The van der Waals surface area contributed by atoms with Crippen LogP contribution in [0.3, 0.4) is 0 Å². The first-order chi connectivity index (χ1) is 14.8. The number of nitriles is 1. The lowest BCUT2D eigenvalue weighted by Gasteiger charge is -2.45. The molecule has 5 rings (SSSR count). The Kier molecular flexibility index (Phi) is 4.55. The number of nitrogens with zero attached hydrogens (tertiary/aromatic N) is 8. The Bertz CT molecular complexity index is 1180. The van der Waals surface area contributed by atoms with Gasteiger partial charge in [0.15, 0.2) is 11.5 Å². The second-order valence-corrected chi connectivity index (χ2v) is 9.28. The maximum absolute atomic E-state index is 9.65. The summed E-state index contributed by atoms with van der Waals surface area (Å²) in [6.45, 7) is 9.17. The summed E-state index contributed by atoms with van der Waals surface area (Å²) in [6.07, 6.45) is 0.789. The van der Waals surface area contributed by atoms with Gasteiger partial charge in [-0.2, -0.15) is 9.78 Å². The molecule has 0 unspecified atom stereocenters.